The monoisotopic (exact) mass is 367 g/mol. The Bertz CT molecular complexity index is 1300. The van der Waals surface area contributed by atoms with E-state index in [4.69, 9.17) is 4.98 Å². The number of thiazole rings is 1. The van der Waals surface area contributed by atoms with Crippen LogP contribution >= 0.6 is 11.3 Å². The van der Waals surface area contributed by atoms with E-state index in [0.29, 0.717) is 11.4 Å². The van der Waals surface area contributed by atoms with Crippen molar-refractivity contribution in [3.05, 3.63) is 77.7 Å². The second kappa shape index (κ2) is 6.24. The molecule has 0 fully saturated rings. The highest BCUT2D eigenvalue weighted by molar-refractivity contribution is 7.15. The molecule has 1 N–H and O–H groups in total. The summed E-state index contributed by atoms with van der Waals surface area (Å²) in [5, 5.41) is 11.8. The number of hydrogen-bond donors (Lipinski definition) is 1. The van der Waals surface area contributed by atoms with Gasteiger partial charge in [-0.1, -0.05) is 42.5 Å². The van der Waals surface area contributed by atoms with E-state index < -0.39 is 0 Å². The number of hydrogen-bond acceptors (Lipinski definition) is 4. The molecule has 2 aromatic carbocycles. The molecule has 0 aliphatic carbocycles. The first kappa shape index (κ1) is 15.6. The predicted octanol–water partition coefficient (Wildman–Crippen LogP) is 5.00. The summed E-state index contributed by atoms with van der Waals surface area (Å²) >= 11 is 1.57. The summed E-state index contributed by atoms with van der Waals surface area (Å²) in [6.45, 7) is 0. The van der Waals surface area contributed by atoms with Gasteiger partial charge in [-0.15, -0.1) is 11.3 Å². The molecule has 0 radical (unpaired) electrons. The highest BCUT2D eigenvalue weighted by Crippen LogP contribution is 2.29. The summed E-state index contributed by atoms with van der Waals surface area (Å²) < 4.78 is 2.01. The number of nitrogens with zero attached hydrogens (tertiary/aromatic N) is 4. The summed E-state index contributed by atoms with van der Waals surface area (Å²) in [4.78, 5) is 13.4. The molecule has 0 spiro atoms. The van der Waals surface area contributed by atoms with Crippen molar-refractivity contribution in [3.8, 4) is 17.3 Å². The van der Waals surface area contributed by atoms with E-state index >= 15 is 0 Å². The van der Waals surface area contributed by atoms with Crippen LogP contribution in [0.25, 0.3) is 38.9 Å². The minimum Gasteiger partial charge on any atom is -0.337 e. The maximum atomic E-state index is 9.78. The fraction of sp³-hybridized carbons (Fsp3) is 0. The molecule has 0 atom stereocenters. The number of para-hydroxylation sites is 2. The van der Waals surface area contributed by atoms with Gasteiger partial charge in [0.05, 0.1) is 28.0 Å². The molecule has 3 aromatic heterocycles. The Kier molecular flexibility index (Phi) is 3.59. The molecule has 5 rings (SSSR count). The molecule has 3 heterocycles. The Hall–Kier alpha value is -3.69. The van der Waals surface area contributed by atoms with Gasteiger partial charge in [0, 0.05) is 17.1 Å². The predicted molar refractivity (Wildman–Crippen MR) is 108 cm³/mol. The van der Waals surface area contributed by atoms with Gasteiger partial charge in [-0.25, -0.2) is 9.97 Å². The van der Waals surface area contributed by atoms with Gasteiger partial charge in [0.1, 0.15) is 11.9 Å². The summed E-state index contributed by atoms with van der Waals surface area (Å²) in [7, 11) is 0. The molecular formula is C21H13N5S. The molecule has 5 aromatic rings. The zero-order valence-electron chi connectivity index (χ0n) is 14.1. The van der Waals surface area contributed by atoms with Crippen LogP contribution in [0.2, 0.25) is 0 Å². The van der Waals surface area contributed by atoms with Gasteiger partial charge in [0.25, 0.3) is 0 Å². The van der Waals surface area contributed by atoms with Gasteiger partial charge in [0.15, 0.2) is 4.96 Å². The largest absolute Gasteiger partial charge is 0.337 e. The van der Waals surface area contributed by atoms with Crippen LogP contribution in [-0.2, 0) is 0 Å². The molecule has 0 saturated carbocycles. The molecule has 0 amide bonds. The minimum atomic E-state index is 0.469. The average Bonchev–Trinajstić information content (AvgIpc) is 3.41. The number of nitrogens with one attached hydrogen (secondary N) is 1. The molecular weight excluding hydrogens is 354 g/mol. The first-order valence-corrected chi connectivity index (χ1v) is 9.29. The third-order valence-electron chi connectivity index (χ3n) is 4.39. The second-order valence-electron chi connectivity index (χ2n) is 6.04. The lowest BCUT2D eigenvalue weighted by Gasteiger charge is -2.01. The van der Waals surface area contributed by atoms with Crippen molar-refractivity contribution in [2.75, 3.05) is 0 Å². The number of aromatic amines is 1. The second-order valence-corrected chi connectivity index (χ2v) is 6.91. The summed E-state index contributed by atoms with van der Waals surface area (Å²) in [5.41, 5.74) is 4.95. The van der Waals surface area contributed by atoms with Gasteiger partial charge in [-0.05, 0) is 18.2 Å². The zero-order chi connectivity index (χ0) is 18.2. The van der Waals surface area contributed by atoms with E-state index in [1.54, 1.807) is 11.3 Å². The number of fused-ring (bicyclic) bond motifs is 2. The van der Waals surface area contributed by atoms with Crippen molar-refractivity contribution >= 4 is 39.0 Å². The van der Waals surface area contributed by atoms with Gasteiger partial charge in [-0.3, -0.25) is 4.40 Å². The van der Waals surface area contributed by atoms with E-state index in [1.165, 1.54) is 0 Å². The Labute approximate surface area is 158 Å². The van der Waals surface area contributed by atoms with Gasteiger partial charge in [0.2, 0.25) is 0 Å². The molecule has 0 saturated heterocycles. The van der Waals surface area contributed by atoms with Crippen molar-refractivity contribution in [3.63, 3.8) is 0 Å². The Morgan fingerprint density at radius 2 is 1.89 bits per heavy atom. The van der Waals surface area contributed by atoms with E-state index in [2.05, 4.69) is 16.0 Å². The number of imidazole rings is 2. The number of rotatable bonds is 3. The number of aromatic nitrogens is 4. The summed E-state index contributed by atoms with van der Waals surface area (Å²) in [6, 6.07) is 20.0. The minimum absolute atomic E-state index is 0.469. The van der Waals surface area contributed by atoms with E-state index in [1.807, 2.05) is 76.7 Å². The van der Waals surface area contributed by atoms with Gasteiger partial charge < -0.3 is 4.98 Å². The first-order valence-electron chi connectivity index (χ1n) is 8.41. The topological polar surface area (TPSA) is 69.8 Å². The first-order chi connectivity index (χ1) is 13.3. The van der Waals surface area contributed by atoms with Crippen LogP contribution in [0.3, 0.4) is 0 Å². The zero-order valence-corrected chi connectivity index (χ0v) is 14.9. The van der Waals surface area contributed by atoms with Gasteiger partial charge >= 0.3 is 0 Å². The standard InChI is InChI=1S/C21H13N5S/c22-13-15(20-23-16-8-4-5-9-17(16)24-20)12-18-19(14-6-2-1-3-7-14)25-21-26(18)10-11-27-21/h1-12H,(H,23,24). The van der Waals surface area contributed by atoms with Crippen LogP contribution in [-0.4, -0.2) is 19.4 Å². The maximum Gasteiger partial charge on any atom is 0.194 e. The van der Waals surface area contributed by atoms with Crippen molar-refractivity contribution < 1.29 is 0 Å². The van der Waals surface area contributed by atoms with Crippen LogP contribution in [0.1, 0.15) is 11.5 Å². The van der Waals surface area contributed by atoms with Crippen LogP contribution in [0.15, 0.2) is 66.2 Å². The lowest BCUT2D eigenvalue weighted by molar-refractivity contribution is 1.21. The summed E-state index contributed by atoms with van der Waals surface area (Å²) in [6.07, 6.45) is 3.83. The average molecular weight is 367 g/mol. The molecule has 128 valence electrons. The molecule has 0 aliphatic rings. The fourth-order valence-corrected chi connectivity index (χ4v) is 3.84. The van der Waals surface area contributed by atoms with Crippen molar-refractivity contribution in [2.45, 2.75) is 0 Å². The lowest BCUT2D eigenvalue weighted by Crippen LogP contribution is -1.90. The van der Waals surface area contributed by atoms with Crippen LogP contribution in [0, 0.1) is 11.3 Å². The number of benzene rings is 2. The Morgan fingerprint density at radius 3 is 2.70 bits per heavy atom. The third kappa shape index (κ3) is 2.62. The maximum absolute atomic E-state index is 9.78. The molecule has 27 heavy (non-hydrogen) atoms. The third-order valence-corrected chi connectivity index (χ3v) is 5.15. The number of nitriles is 1. The van der Waals surface area contributed by atoms with Crippen LogP contribution < -0.4 is 0 Å². The lowest BCUT2D eigenvalue weighted by atomic mass is 10.1. The molecule has 5 nitrogen and oxygen atoms in total. The van der Waals surface area contributed by atoms with Crippen molar-refractivity contribution in [1.82, 2.24) is 19.4 Å². The fourth-order valence-electron chi connectivity index (χ4n) is 3.12. The highest BCUT2D eigenvalue weighted by Gasteiger charge is 2.16. The van der Waals surface area contributed by atoms with Crippen LogP contribution in [0.5, 0.6) is 0 Å². The normalized spacial score (nSPS) is 11.9. The van der Waals surface area contributed by atoms with Crippen molar-refractivity contribution in [2.24, 2.45) is 0 Å². The summed E-state index contributed by atoms with van der Waals surface area (Å²) in [5.74, 6) is 0.558. The molecule has 0 aliphatic heterocycles. The van der Waals surface area contributed by atoms with Crippen LogP contribution in [0.4, 0.5) is 0 Å². The van der Waals surface area contributed by atoms with Crippen molar-refractivity contribution in [1.29, 1.82) is 5.26 Å². The smallest absolute Gasteiger partial charge is 0.194 e. The highest BCUT2D eigenvalue weighted by atomic mass is 32.1. The number of allylic oxidation sites excluding steroid dienone is 1. The van der Waals surface area contributed by atoms with E-state index in [9.17, 15) is 5.26 Å². The Balaban J connectivity index is 1.72. The quantitative estimate of drug-likeness (QED) is 0.456. The van der Waals surface area contributed by atoms with E-state index in [0.717, 1.165) is 32.9 Å². The molecule has 6 heteroatoms. The van der Waals surface area contributed by atoms with E-state index in [-0.39, 0.29) is 0 Å². The van der Waals surface area contributed by atoms with Gasteiger partial charge in [-0.2, -0.15) is 5.26 Å². The SMILES string of the molecule is N#CC(=Cc1c(-c2ccccc2)nc2sccn12)c1nc2ccccc2[nH]1. The number of H-pyrrole nitrogens is 1. The Morgan fingerprint density at radius 1 is 1.07 bits per heavy atom. The molecule has 0 unspecified atom stereocenters. The molecule has 0 bridgehead atoms.